The molecule has 0 saturated carbocycles. The van der Waals surface area contributed by atoms with Crippen LogP contribution in [0.25, 0.3) is 21.7 Å². The van der Waals surface area contributed by atoms with Crippen molar-refractivity contribution in [2.75, 3.05) is 17.3 Å². The van der Waals surface area contributed by atoms with E-state index in [0.717, 1.165) is 32.9 Å². The Morgan fingerprint density at radius 2 is 1.58 bits per heavy atom. The summed E-state index contributed by atoms with van der Waals surface area (Å²) in [5, 5.41) is 6.59. The third kappa shape index (κ3) is 3.09. The number of aromatic nitrogens is 1. The molecule has 1 aliphatic heterocycles. The van der Waals surface area contributed by atoms with Crippen molar-refractivity contribution in [2.24, 2.45) is 0 Å². The zero-order valence-corrected chi connectivity index (χ0v) is 18.0. The molecule has 0 fully saturated rings. The highest BCUT2D eigenvalue weighted by Crippen LogP contribution is 2.42. The summed E-state index contributed by atoms with van der Waals surface area (Å²) in [5.41, 5.74) is 3.09. The number of amides is 1. The summed E-state index contributed by atoms with van der Waals surface area (Å²) in [6, 6.07) is 31.6. The second-order valence-electron chi connectivity index (χ2n) is 8.04. The first-order valence-electron chi connectivity index (χ1n) is 10.8. The minimum absolute atomic E-state index is 0.104. The van der Waals surface area contributed by atoms with Gasteiger partial charge in [0.2, 0.25) is 0 Å². The molecule has 4 aromatic carbocycles. The molecule has 160 valence electrons. The lowest BCUT2D eigenvalue weighted by molar-refractivity contribution is 0.0974. The molecule has 0 radical (unpaired) electrons. The van der Waals surface area contributed by atoms with E-state index in [0.29, 0.717) is 17.1 Å². The Labute approximate surface area is 191 Å². The topological polar surface area (TPSA) is 54.5 Å². The number of pyridine rings is 1. The summed E-state index contributed by atoms with van der Waals surface area (Å²) >= 11 is 0. The number of benzene rings is 4. The van der Waals surface area contributed by atoms with Crippen molar-refractivity contribution in [1.29, 1.82) is 0 Å². The average molecular weight is 431 g/mol. The van der Waals surface area contributed by atoms with Gasteiger partial charge >= 0.3 is 0 Å². The first-order chi connectivity index (χ1) is 16.2. The molecular weight excluding hydrogens is 410 g/mol. The largest absolute Gasteiger partial charge is 0.496 e. The van der Waals surface area contributed by atoms with Crippen molar-refractivity contribution < 1.29 is 9.53 Å². The third-order valence-electron chi connectivity index (χ3n) is 6.16. The van der Waals surface area contributed by atoms with Crippen LogP contribution >= 0.6 is 0 Å². The molecular formula is C28H21N3O2. The fraction of sp³-hybridized carbons (Fsp3) is 0.0714. The van der Waals surface area contributed by atoms with Crippen LogP contribution in [0.5, 0.6) is 5.75 Å². The highest BCUT2D eigenvalue weighted by molar-refractivity contribution is 6.13. The molecule has 0 unspecified atom stereocenters. The summed E-state index contributed by atoms with van der Waals surface area (Å²) in [4.78, 5) is 20.6. The first-order valence-corrected chi connectivity index (χ1v) is 10.8. The zero-order chi connectivity index (χ0) is 22.4. The van der Waals surface area contributed by atoms with Gasteiger partial charge in [0, 0.05) is 16.6 Å². The van der Waals surface area contributed by atoms with Gasteiger partial charge in [0.15, 0.2) is 0 Å². The van der Waals surface area contributed by atoms with Crippen LogP contribution in [0.15, 0.2) is 97.1 Å². The van der Waals surface area contributed by atoms with Gasteiger partial charge in [-0.05, 0) is 41.1 Å². The minimum Gasteiger partial charge on any atom is -0.496 e. The Bertz CT molecular complexity index is 1510. The molecule has 1 amide bonds. The number of carbonyl (C=O) groups is 1. The number of ether oxygens (including phenoxy) is 1. The molecule has 0 spiro atoms. The minimum atomic E-state index is -0.498. The number of nitrogens with zero attached hydrogens (tertiary/aromatic N) is 2. The molecule has 0 saturated heterocycles. The quantitative estimate of drug-likeness (QED) is 0.371. The summed E-state index contributed by atoms with van der Waals surface area (Å²) in [5.74, 6) is 1.18. The zero-order valence-electron chi connectivity index (χ0n) is 18.0. The van der Waals surface area contributed by atoms with Crippen LogP contribution in [-0.2, 0) is 0 Å². The van der Waals surface area contributed by atoms with Crippen LogP contribution in [-0.4, -0.2) is 18.0 Å². The van der Waals surface area contributed by atoms with Crippen LogP contribution in [0, 0.1) is 0 Å². The van der Waals surface area contributed by atoms with Gasteiger partial charge in [0.1, 0.15) is 17.7 Å². The molecule has 6 rings (SSSR count). The first kappa shape index (κ1) is 19.3. The monoisotopic (exact) mass is 431 g/mol. The second kappa shape index (κ2) is 7.64. The van der Waals surface area contributed by atoms with Gasteiger partial charge < -0.3 is 10.1 Å². The lowest BCUT2D eigenvalue weighted by Gasteiger charge is -2.38. The molecule has 1 aliphatic rings. The van der Waals surface area contributed by atoms with Crippen molar-refractivity contribution >= 4 is 39.1 Å². The number of para-hydroxylation sites is 2. The third-order valence-corrected chi connectivity index (χ3v) is 6.16. The van der Waals surface area contributed by atoms with Crippen LogP contribution < -0.4 is 15.0 Å². The number of fused-ring (bicyclic) bond motifs is 3. The Morgan fingerprint density at radius 1 is 0.848 bits per heavy atom. The summed E-state index contributed by atoms with van der Waals surface area (Å²) in [6.45, 7) is 0. The van der Waals surface area contributed by atoms with Crippen molar-refractivity contribution in [3.63, 3.8) is 0 Å². The predicted octanol–water partition coefficient (Wildman–Crippen LogP) is 6.17. The van der Waals surface area contributed by atoms with E-state index in [1.807, 2.05) is 84.9 Å². The number of carbonyl (C=O) groups excluding carboxylic acids is 1. The predicted molar refractivity (Wildman–Crippen MR) is 132 cm³/mol. The number of nitrogens with one attached hydrogen (secondary N) is 1. The summed E-state index contributed by atoms with van der Waals surface area (Å²) < 4.78 is 5.79. The van der Waals surface area contributed by atoms with E-state index in [1.54, 1.807) is 12.0 Å². The van der Waals surface area contributed by atoms with Gasteiger partial charge in [0.05, 0.1) is 18.2 Å². The molecule has 5 aromatic rings. The molecule has 5 nitrogen and oxygen atoms in total. The van der Waals surface area contributed by atoms with Gasteiger partial charge in [0.25, 0.3) is 5.91 Å². The van der Waals surface area contributed by atoms with Crippen LogP contribution in [0.3, 0.4) is 0 Å². The number of hydrogen-bond acceptors (Lipinski definition) is 4. The van der Waals surface area contributed by atoms with Crippen LogP contribution in [0.2, 0.25) is 0 Å². The second-order valence-corrected chi connectivity index (χ2v) is 8.04. The van der Waals surface area contributed by atoms with Gasteiger partial charge in [-0.15, -0.1) is 0 Å². The van der Waals surface area contributed by atoms with E-state index in [1.165, 1.54) is 0 Å². The van der Waals surface area contributed by atoms with E-state index in [2.05, 4.69) is 17.4 Å². The highest BCUT2D eigenvalue weighted by atomic mass is 16.5. The SMILES string of the molecule is COc1ccc2ccccc2c1[C@H]1Nc2nc3ccccc3cc2C(=O)N1c1ccccc1. The average Bonchev–Trinajstić information content (AvgIpc) is 2.87. The van der Waals surface area contributed by atoms with E-state index < -0.39 is 6.17 Å². The van der Waals surface area contributed by atoms with Crippen molar-refractivity contribution in [1.82, 2.24) is 4.98 Å². The van der Waals surface area contributed by atoms with Gasteiger partial charge in [-0.3, -0.25) is 9.69 Å². The smallest absolute Gasteiger partial charge is 0.264 e. The fourth-order valence-corrected chi connectivity index (χ4v) is 4.62. The highest BCUT2D eigenvalue weighted by Gasteiger charge is 2.37. The lowest BCUT2D eigenvalue weighted by Crippen LogP contribution is -2.43. The van der Waals surface area contributed by atoms with E-state index in [4.69, 9.17) is 9.72 Å². The van der Waals surface area contributed by atoms with Crippen molar-refractivity contribution in [3.8, 4) is 5.75 Å². The van der Waals surface area contributed by atoms with Gasteiger partial charge in [-0.25, -0.2) is 4.98 Å². The Hall–Kier alpha value is -4.38. The van der Waals surface area contributed by atoms with Crippen LogP contribution in [0.4, 0.5) is 11.5 Å². The fourth-order valence-electron chi connectivity index (χ4n) is 4.62. The molecule has 33 heavy (non-hydrogen) atoms. The lowest BCUT2D eigenvalue weighted by atomic mass is 9.97. The molecule has 0 aliphatic carbocycles. The van der Waals surface area contributed by atoms with Gasteiger partial charge in [-0.1, -0.05) is 66.7 Å². The Morgan fingerprint density at radius 3 is 2.39 bits per heavy atom. The molecule has 1 atom stereocenters. The Kier molecular flexibility index (Phi) is 4.47. The maximum absolute atomic E-state index is 14.0. The van der Waals surface area contributed by atoms with E-state index in [9.17, 15) is 4.79 Å². The summed E-state index contributed by atoms with van der Waals surface area (Å²) in [7, 11) is 1.66. The number of hydrogen-bond donors (Lipinski definition) is 1. The maximum Gasteiger partial charge on any atom is 0.264 e. The van der Waals surface area contributed by atoms with Crippen molar-refractivity contribution in [3.05, 3.63) is 108 Å². The Balaban J connectivity index is 1.63. The molecule has 0 bridgehead atoms. The summed E-state index contributed by atoms with van der Waals surface area (Å²) in [6.07, 6.45) is -0.498. The van der Waals surface area contributed by atoms with E-state index >= 15 is 0 Å². The van der Waals surface area contributed by atoms with Gasteiger partial charge in [-0.2, -0.15) is 0 Å². The molecule has 1 N–H and O–H groups in total. The molecule has 5 heteroatoms. The molecule has 2 heterocycles. The number of rotatable bonds is 3. The normalized spacial score (nSPS) is 15.4. The van der Waals surface area contributed by atoms with Crippen molar-refractivity contribution in [2.45, 2.75) is 6.17 Å². The maximum atomic E-state index is 14.0. The number of anilines is 2. The number of methoxy groups -OCH3 is 1. The standard InChI is InChI=1S/C28H21N3O2/c1-33-24-16-15-18-9-5-7-13-21(18)25(24)27-30-26-22(17-19-10-6-8-14-23(19)29-26)28(32)31(27)20-11-3-2-4-12-20/h2-17,27H,1H3,(H,29,30)/t27-/m0/s1. The van der Waals surface area contributed by atoms with Crippen LogP contribution in [0.1, 0.15) is 22.1 Å². The van der Waals surface area contributed by atoms with E-state index in [-0.39, 0.29) is 5.91 Å². The molecule has 1 aromatic heterocycles.